The molecule has 0 saturated carbocycles. The Morgan fingerprint density at radius 1 is 1.32 bits per heavy atom. The van der Waals surface area contributed by atoms with Gasteiger partial charge < -0.3 is 15.2 Å². The van der Waals surface area contributed by atoms with E-state index in [9.17, 15) is 27.9 Å². The third-order valence-corrected chi connectivity index (χ3v) is 4.70. The van der Waals surface area contributed by atoms with E-state index in [0.29, 0.717) is 0 Å². The van der Waals surface area contributed by atoms with Gasteiger partial charge in [0, 0.05) is 6.04 Å². The Kier molecular flexibility index (Phi) is 7.42. The van der Waals surface area contributed by atoms with Gasteiger partial charge in [0.1, 0.15) is 12.6 Å². The van der Waals surface area contributed by atoms with Crippen LogP contribution >= 0.6 is 0 Å². The van der Waals surface area contributed by atoms with Gasteiger partial charge in [-0.1, -0.05) is 44.2 Å². The number of hydrogen-bond donors (Lipinski definition) is 2. The number of ether oxygens (including phenoxy) is 1. The number of imide groups is 1. The molecule has 1 aliphatic rings. The standard InChI is InChI=1S/C19H25F3N2O4/c1-12(2)15-11-28-18(27)24(15)17(26)9-16(19(20,21)22)23-14(10-25)8-13-6-4-3-5-7-13/h3-7,12,14-16,23,25H,8-11H2,1-2H3/t14-,15+,16-/m0/s1. The van der Waals surface area contributed by atoms with Crippen LogP contribution in [0.4, 0.5) is 18.0 Å². The number of carbonyl (C=O) groups excluding carboxylic acids is 2. The van der Waals surface area contributed by atoms with Gasteiger partial charge in [0.25, 0.3) is 0 Å². The lowest BCUT2D eigenvalue weighted by Crippen LogP contribution is -2.53. The second kappa shape index (κ2) is 9.38. The van der Waals surface area contributed by atoms with Crippen molar-refractivity contribution in [1.29, 1.82) is 0 Å². The summed E-state index contributed by atoms with van der Waals surface area (Å²) in [6, 6.07) is 5.08. The zero-order valence-electron chi connectivity index (χ0n) is 15.8. The minimum atomic E-state index is -4.73. The summed E-state index contributed by atoms with van der Waals surface area (Å²) in [6.45, 7) is 2.96. The van der Waals surface area contributed by atoms with E-state index < -0.39 is 49.3 Å². The number of nitrogens with zero attached hydrogens (tertiary/aromatic N) is 1. The number of rotatable bonds is 8. The Hall–Kier alpha value is -2.13. The largest absolute Gasteiger partial charge is 0.447 e. The highest BCUT2D eigenvalue weighted by atomic mass is 19.4. The molecule has 1 fully saturated rings. The molecule has 28 heavy (non-hydrogen) atoms. The lowest BCUT2D eigenvalue weighted by Gasteiger charge is -2.29. The number of hydrogen-bond acceptors (Lipinski definition) is 5. The van der Waals surface area contributed by atoms with Crippen molar-refractivity contribution in [2.45, 2.75) is 51.0 Å². The molecule has 1 saturated heterocycles. The quantitative estimate of drug-likeness (QED) is 0.699. The number of amides is 2. The summed E-state index contributed by atoms with van der Waals surface area (Å²) in [5.74, 6) is -1.09. The molecule has 0 aromatic heterocycles. The van der Waals surface area contributed by atoms with E-state index >= 15 is 0 Å². The highest BCUT2D eigenvalue weighted by molar-refractivity contribution is 5.93. The number of nitrogens with one attached hydrogen (secondary N) is 1. The highest BCUT2D eigenvalue weighted by Gasteiger charge is 2.46. The zero-order valence-corrected chi connectivity index (χ0v) is 15.8. The van der Waals surface area contributed by atoms with Crippen molar-refractivity contribution in [3.63, 3.8) is 0 Å². The predicted molar refractivity (Wildman–Crippen MR) is 95.4 cm³/mol. The fourth-order valence-corrected chi connectivity index (χ4v) is 3.11. The van der Waals surface area contributed by atoms with E-state index in [2.05, 4.69) is 5.32 Å². The number of benzene rings is 1. The predicted octanol–water partition coefficient (Wildman–Crippen LogP) is 2.50. The van der Waals surface area contributed by atoms with Gasteiger partial charge in [-0.3, -0.25) is 4.79 Å². The molecule has 3 atom stereocenters. The van der Waals surface area contributed by atoms with Crippen LogP contribution in [0.25, 0.3) is 0 Å². The highest BCUT2D eigenvalue weighted by Crippen LogP contribution is 2.27. The van der Waals surface area contributed by atoms with Crippen LogP contribution in [0.2, 0.25) is 0 Å². The molecule has 2 amide bonds. The van der Waals surface area contributed by atoms with Crippen LogP contribution in [-0.2, 0) is 16.0 Å². The van der Waals surface area contributed by atoms with Crippen molar-refractivity contribution in [3.05, 3.63) is 35.9 Å². The fourth-order valence-electron chi connectivity index (χ4n) is 3.11. The van der Waals surface area contributed by atoms with E-state index in [1.165, 1.54) is 0 Å². The minimum Gasteiger partial charge on any atom is -0.447 e. The first-order valence-electron chi connectivity index (χ1n) is 9.09. The van der Waals surface area contributed by atoms with E-state index in [-0.39, 0.29) is 18.9 Å². The van der Waals surface area contributed by atoms with Crippen LogP contribution < -0.4 is 5.32 Å². The molecule has 1 aliphatic heterocycles. The maximum Gasteiger partial charge on any atom is 0.416 e. The molecule has 1 heterocycles. The lowest BCUT2D eigenvalue weighted by atomic mass is 10.0. The first-order valence-corrected chi connectivity index (χ1v) is 9.09. The van der Waals surface area contributed by atoms with Gasteiger partial charge in [0.15, 0.2) is 0 Å². The molecule has 0 aliphatic carbocycles. The second-order valence-electron chi connectivity index (χ2n) is 7.19. The second-order valence-corrected chi connectivity index (χ2v) is 7.19. The van der Waals surface area contributed by atoms with Crippen molar-refractivity contribution < 1.29 is 32.6 Å². The molecule has 9 heteroatoms. The van der Waals surface area contributed by atoms with Crippen molar-refractivity contribution in [1.82, 2.24) is 10.2 Å². The molecule has 0 unspecified atom stereocenters. The number of aliphatic hydroxyl groups excluding tert-OH is 1. The summed E-state index contributed by atoms with van der Waals surface area (Å²) in [7, 11) is 0. The molecule has 156 valence electrons. The van der Waals surface area contributed by atoms with Gasteiger partial charge in [-0.2, -0.15) is 13.2 Å². The summed E-state index contributed by atoms with van der Waals surface area (Å²) in [5.41, 5.74) is 0.754. The smallest absolute Gasteiger partial charge is 0.416 e. The molecule has 0 bridgehead atoms. The number of aliphatic hydroxyl groups is 1. The van der Waals surface area contributed by atoms with Gasteiger partial charge in [-0.05, 0) is 17.9 Å². The molecule has 1 aromatic rings. The van der Waals surface area contributed by atoms with Crippen LogP contribution in [0.3, 0.4) is 0 Å². The maximum atomic E-state index is 13.5. The lowest BCUT2D eigenvalue weighted by molar-refractivity contribution is -0.166. The van der Waals surface area contributed by atoms with E-state index in [1.54, 1.807) is 44.2 Å². The van der Waals surface area contributed by atoms with Crippen molar-refractivity contribution in [2.24, 2.45) is 5.92 Å². The first-order chi connectivity index (χ1) is 13.1. The number of carbonyl (C=O) groups is 2. The summed E-state index contributed by atoms with van der Waals surface area (Å²) in [4.78, 5) is 25.1. The Labute approximate surface area is 161 Å². The van der Waals surface area contributed by atoms with Gasteiger partial charge in [0.2, 0.25) is 5.91 Å². The third-order valence-electron chi connectivity index (χ3n) is 4.70. The van der Waals surface area contributed by atoms with Crippen LogP contribution in [0.5, 0.6) is 0 Å². The van der Waals surface area contributed by atoms with Crippen LogP contribution in [0, 0.1) is 5.92 Å². The number of cyclic esters (lactones) is 1. The van der Waals surface area contributed by atoms with Crippen LogP contribution in [-0.4, -0.2) is 59.5 Å². The SMILES string of the molecule is CC(C)[C@H]1COC(=O)N1C(=O)C[C@H](N[C@H](CO)Cc1ccccc1)C(F)(F)F. The monoisotopic (exact) mass is 402 g/mol. The topological polar surface area (TPSA) is 78.9 Å². The molecule has 1 aromatic carbocycles. The molecular formula is C19H25F3N2O4. The molecule has 0 radical (unpaired) electrons. The Balaban J connectivity index is 2.10. The van der Waals surface area contributed by atoms with Crippen molar-refractivity contribution >= 4 is 12.0 Å². The van der Waals surface area contributed by atoms with E-state index in [1.807, 2.05) is 0 Å². The minimum absolute atomic E-state index is 0.0281. The van der Waals surface area contributed by atoms with Crippen molar-refractivity contribution in [3.8, 4) is 0 Å². The van der Waals surface area contributed by atoms with E-state index in [0.717, 1.165) is 10.5 Å². The molecule has 6 nitrogen and oxygen atoms in total. The molecule has 2 N–H and O–H groups in total. The molecule has 0 spiro atoms. The number of alkyl halides is 3. The Morgan fingerprint density at radius 2 is 1.96 bits per heavy atom. The van der Waals surface area contributed by atoms with Gasteiger partial charge >= 0.3 is 12.3 Å². The summed E-state index contributed by atoms with van der Waals surface area (Å²) in [5, 5.41) is 11.8. The van der Waals surface area contributed by atoms with Crippen LogP contribution in [0.1, 0.15) is 25.8 Å². The number of halogens is 3. The van der Waals surface area contributed by atoms with Gasteiger partial charge in [0.05, 0.1) is 19.1 Å². The normalized spacial score (nSPS) is 19.6. The fraction of sp³-hybridized carbons (Fsp3) is 0.579. The average Bonchev–Trinajstić information content (AvgIpc) is 3.02. The zero-order chi connectivity index (χ0) is 20.9. The maximum absolute atomic E-state index is 13.5. The summed E-state index contributed by atoms with van der Waals surface area (Å²) in [6.07, 6.45) is -6.44. The van der Waals surface area contributed by atoms with E-state index in [4.69, 9.17) is 4.74 Å². The molecule has 2 rings (SSSR count). The summed E-state index contributed by atoms with van der Waals surface area (Å²) < 4.78 is 45.4. The summed E-state index contributed by atoms with van der Waals surface area (Å²) >= 11 is 0. The third kappa shape index (κ3) is 5.68. The molecular weight excluding hydrogens is 377 g/mol. The average molecular weight is 402 g/mol. The Morgan fingerprint density at radius 3 is 2.50 bits per heavy atom. The van der Waals surface area contributed by atoms with Gasteiger partial charge in [-0.25, -0.2) is 9.69 Å². The Bertz CT molecular complexity index is 667. The van der Waals surface area contributed by atoms with Crippen molar-refractivity contribution in [2.75, 3.05) is 13.2 Å². The van der Waals surface area contributed by atoms with Crippen LogP contribution in [0.15, 0.2) is 30.3 Å². The van der Waals surface area contributed by atoms with Gasteiger partial charge in [-0.15, -0.1) is 0 Å². The first kappa shape index (κ1) is 22.2.